The average molecular weight is 284 g/mol. The molecule has 2 heterocycles. The van der Waals surface area contributed by atoms with E-state index in [1.807, 2.05) is 18.2 Å². The first kappa shape index (κ1) is 13.7. The Morgan fingerprint density at radius 3 is 2.86 bits per heavy atom. The van der Waals surface area contributed by atoms with Gasteiger partial charge in [0.15, 0.2) is 5.82 Å². The van der Waals surface area contributed by atoms with E-state index in [2.05, 4.69) is 30.8 Å². The molecule has 2 aromatic heterocycles. The van der Waals surface area contributed by atoms with E-state index in [4.69, 9.17) is 0 Å². The van der Waals surface area contributed by atoms with Gasteiger partial charge in [-0.1, -0.05) is 25.3 Å². The molecule has 0 aromatic carbocycles. The molecule has 0 saturated heterocycles. The van der Waals surface area contributed by atoms with Crippen molar-refractivity contribution in [2.75, 3.05) is 10.6 Å². The Labute approximate surface area is 124 Å². The zero-order valence-electron chi connectivity index (χ0n) is 12.0. The number of anilines is 2. The van der Waals surface area contributed by atoms with Crippen molar-refractivity contribution in [1.29, 1.82) is 0 Å². The second-order valence-corrected chi connectivity index (χ2v) is 5.32. The topological polar surface area (TPSA) is 75.6 Å². The smallest absolute Gasteiger partial charge is 0.244 e. The van der Waals surface area contributed by atoms with Gasteiger partial charge in [0.05, 0.1) is 18.4 Å². The monoisotopic (exact) mass is 284 g/mol. The van der Waals surface area contributed by atoms with Crippen LogP contribution >= 0.6 is 0 Å². The fourth-order valence-electron chi connectivity index (χ4n) is 2.56. The van der Waals surface area contributed by atoms with Gasteiger partial charge in [-0.05, 0) is 25.0 Å². The van der Waals surface area contributed by atoms with Crippen molar-refractivity contribution in [2.45, 2.75) is 44.7 Å². The molecule has 0 radical (unpaired) electrons. The Kier molecular flexibility index (Phi) is 4.55. The number of aromatic nitrogens is 4. The third-order valence-corrected chi connectivity index (χ3v) is 3.67. The first-order valence-corrected chi connectivity index (χ1v) is 7.50. The van der Waals surface area contributed by atoms with Crippen LogP contribution in [0.15, 0.2) is 30.6 Å². The molecule has 6 nitrogen and oxygen atoms in total. The van der Waals surface area contributed by atoms with Crippen molar-refractivity contribution in [3.8, 4) is 0 Å². The zero-order valence-corrected chi connectivity index (χ0v) is 12.0. The minimum atomic E-state index is 0.478. The van der Waals surface area contributed by atoms with Gasteiger partial charge < -0.3 is 10.6 Å². The van der Waals surface area contributed by atoms with Crippen LogP contribution in [0.1, 0.15) is 37.8 Å². The van der Waals surface area contributed by atoms with E-state index in [0.717, 1.165) is 5.69 Å². The summed E-state index contributed by atoms with van der Waals surface area (Å²) in [6, 6.07) is 6.33. The molecular weight excluding hydrogens is 264 g/mol. The van der Waals surface area contributed by atoms with Crippen LogP contribution in [0.4, 0.5) is 11.8 Å². The van der Waals surface area contributed by atoms with Gasteiger partial charge in [-0.15, -0.1) is 5.10 Å². The largest absolute Gasteiger partial charge is 0.363 e. The summed E-state index contributed by atoms with van der Waals surface area (Å²) in [5.41, 5.74) is 0.970. The maximum Gasteiger partial charge on any atom is 0.244 e. The van der Waals surface area contributed by atoms with Gasteiger partial charge in [0.2, 0.25) is 5.95 Å². The molecule has 0 amide bonds. The van der Waals surface area contributed by atoms with E-state index >= 15 is 0 Å². The van der Waals surface area contributed by atoms with Crippen LogP contribution in [-0.2, 0) is 6.54 Å². The number of nitrogens with zero attached hydrogens (tertiary/aromatic N) is 4. The van der Waals surface area contributed by atoms with E-state index in [0.29, 0.717) is 24.4 Å². The molecule has 1 aliphatic rings. The Morgan fingerprint density at radius 1 is 1.14 bits per heavy atom. The van der Waals surface area contributed by atoms with E-state index in [9.17, 15) is 0 Å². The summed E-state index contributed by atoms with van der Waals surface area (Å²) in [6.45, 7) is 0.627. The summed E-state index contributed by atoms with van der Waals surface area (Å²) >= 11 is 0. The van der Waals surface area contributed by atoms with Gasteiger partial charge in [-0.25, -0.2) is 0 Å². The van der Waals surface area contributed by atoms with Crippen LogP contribution in [0.3, 0.4) is 0 Å². The summed E-state index contributed by atoms with van der Waals surface area (Å²) in [4.78, 5) is 8.73. The molecule has 21 heavy (non-hydrogen) atoms. The molecule has 0 atom stereocenters. The second-order valence-electron chi connectivity index (χ2n) is 5.32. The lowest BCUT2D eigenvalue weighted by Gasteiger charge is -2.22. The molecule has 1 fully saturated rings. The molecule has 0 aliphatic heterocycles. The summed E-state index contributed by atoms with van der Waals surface area (Å²) in [5.74, 6) is 1.32. The summed E-state index contributed by atoms with van der Waals surface area (Å²) in [5, 5.41) is 14.7. The van der Waals surface area contributed by atoms with Crippen LogP contribution < -0.4 is 10.6 Å². The number of pyridine rings is 1. The quantitative estimate of drug-likeness (QED) is 0.879. The molecule has 6 heteroatoms. The minimum absolute atomic E-state index is 0.478. The molecule has 0 bridgehead atoms. The third kappa shape index (κ3) is 4.11. The molecule has 0 spiro atoms. The van der Waals surface area contributed by atoms with Crippen molar-refractivity contribution in [1.82, 2.24) is 20.2 Å². The van der Waals surface area contributed by atoms with Gasteiger partial charge in [0.25, 0.3) is 0 Å². The fraction of sp³-hybridized carbons (Fsp3) is 0.467. The molecule has 0 unspecified atom stereocenters. The normalized spacial score (nSPS) is 15.6. The highest BCUT2D eigenvalue weighted by atomic mass is 15.3. The zero-order chi connectivity index (χ0) is 14.3. The van der Waals surface area contributed by atoms with Crippen molar-refractivity contribution < 1.29 is 0 Å². The van der Waals surface area contributed by atoms with E-state index in [1.54, 1.807) is 12.4 Å². The Balaban J connectivity index is 1.57. The molecule has 1 saturated carbocycles. The predicted molar refractivity (Wildman–Crippen MR) is 81.9 cm³/mol. The number of hydrogen-bond acceptors (Lipinski definition) is 6. The highest BCUT2D eigenvalue weighted by molar-refractivity contribution is 5.37. The Morgan fingerprint density at radius 2 is 2.05 bits per heavy atom. The van der Waals surface area contributed by atoms with E-state index < -0.39 is 0 Å². The molecule has 110 valence electrons. The SMILES string of the molecule is c1ccc(CNc2cnnc(NC3CCCCC3)n2)nc1. The van der Waals surface area contributed by atoms with E-state index in [1.165, 1.54) is 32.1 Å². The predicted octanol–water partition coefficient (Wildman–Crippen LogP) is 2.62. The lowest BCUT2D eigenvalue weighted by molar-refractivity contribution is 0.460. The third-order valence-electron chi connectivity index (χ3n) is 3.67. The van der Waals surface area contributed by atoms with Crippen LogP contribution in [-0.4, -0.2) is 26.2 Å². The van der Waals surface area contributed by atoms with Gasteiger partial charge in [-0.2, -0.15) is 10.1 Å². The van der Waals surface area contributed by atoms with Gasteiger partial charge in [-0.3, -0.25) is 4.98 Å². The second kappa shape index (κ2) is 6.97. The van der Waals surface area contributed by atoms with Crippen LogP contribution in [0.25, 0.3) is 0 Å². The average Bonchev–Trinajstić information content (AvgIpc) is 2.55. The lowest BCUT2D eigenvalue weighted by atomic mass is 9.96. The first-order valence-electron chi connectivity index (χ1n) is 7.50. The number of nitrogens with one attached hydrogen (secondary N) is 2. The lowest BCUT2D eigenvalue weighted by Crippen LogP contribution is -2.23. The van der Waals surface area contributed by atoms with Crippen LogP contribution in [0.5, 0.6) is 0 Å². The van der Waals surface area contributed by atoms with Gasteiger partial charge in [0.1, 0.15) is 0 Å². The number of rotatable bonds is 5. The van der Waals surface area contributed by atoms with Gasteiger partial charge in [0, 0.05) is 12.2 Å². The summed E-state index contributed by atoms with van der Waals surface area (Å²) in [6.07, 6.45) is 9.69. The van der Waals surface area contributed by atoms with Gasteiger partial charge >= 0.3 is 0 Å². The Hall–Kier alpha value is -2.24. The highest BCUT2D eigenvalue weighted by Crippen LogP contribution is 2.20. The molecule has 3 rings (SSSR count). The maximum absolute atomic E-state index is 4.46. The Bertz CT molecular complexity index is 553. The van der Waals surface area contributed by atoms with Crippen LogP contribution in [0.2, 0.25) is 0 Å². The van der Waals surface area contributed by atoms with Crippen molar-refractivity contribution in [2.24, 2.45) is 0 Å². The minimum Gasteiger partial charge on any atom is -0.363 e. The number of hydrogen-bond donors (Lipinski definition) is 2. The molecular formula is C15H20N6. The fourth-order valence-corrected chi connectivity index (χ4v) is 2.56. The summed E-state index contributed by atoms with van der Waals surface area (Å²) in [7, 11) is 0. The standard InChI is InChI=1S/C15H20N6/c1-2-6-12(7-3-1)19-15-20-14(11-18-21-15)17-10-13-8-4-5-9-16-13/h4-5,8-9,11-12H,1-3,6-7,10H2,(H2,17,19,20,21). The molecule has 2 aromatic rings. The van der Waals surface area contributed by atoms with Crippen molar-refractivity contribution >= 4 is 11.8 Å². The van der Waals surface area contributed by atoms with Crippen LogP contribution in [0, 0.1) is 0 Å². The van der Waals surface area contributed by atoms with Crippen molar-refractivity contribution in [3.05, 3.63) is 36.3 Å². The molecule has 1 aliphatic carbocycles. The molecule has 2 N–H and O–H groups in total. The summed E-state index contributed by atoms with van der Waals surface area (Å²) < 4.78 is 0. The van der Waals surface area contributed by atoms with Crippen molar-refractivity contribution in [3.63, 3.8) is 0 Å². The maximum atomic E-state index is 4.46. The highest BCUT2D eigenvalue weighted by Gasteiger charge is 2.14. The van der Waals surface area contributed by atoms with E-state index in [-0.39, 0.29) is 0 Å². The first-order chi connectivity index (χ1) is 10.4.